The van der Waals surface area contributed by atoms with E-state index in [1.54, 1.807) is 0 Å². The molecule has 0 radical (unpaired) electrons. The van der Waals surface area contributed by atoms with E-state index in [0.717, 1.165) is 44.8 Å². The van der Waals surface area contributed by atoms with E-state index in [-0.39, 0.29) is 0 Å². The van der Waals surface area contributed by atoms with Crippen LogP contribution >= 0.6 is 11.3 Å². The Morgan fingerprint density at radius 3 is 1.68 bits per heavy atom. The molecule has 262 valence electrons. The maximum absolute atomic E-state index is 5.27. The van der Waals surface area contributed by atoms with Crippen LogP contribution in [0, 0.1) is 0 Å². The van der Waals surface area contributed by atoms with E-state index in [4.69, 9.17) is 19.9 Å². The molecule has 7 aromatic carbocycles. The van der Waals surface area contributed by atoms with E-state index < -0.39 is 0 Å². The highest BCUT2D eigenvalue weighted by molar-refractivity contribution is 7.26. The normalized spacial score (nSPS) is 11.6. The van der Waals surface area contributed by atoms with Crippen LogP contribution < -0.4 is 0 Å². The summed E-state index contributed by atoms with van der Waals surface area (Å²) in [5, 5.41) is 4.91. The summed E-state index contributed by atoms with van der Waals surface area (Å²) in [5.41, 5.74) is 10.2. The van der Waals surface area contributed by atoms with Crippen LogP contribution in [0.2, 0.25) is 0 Å². The van der Waals surface area contributed by atoms with Crippen molar-refractivity contribution in [3.05, 3.63) is 188 Å². The minimum atomic E-state index is 0.574. The highest BCUT2D eigenvalue weighted by Gasteiger charge is 2.22. The maximum atomic E-state index is 5.27. The van der Waals surface area contributed by atoms with Gasteiger partial charge in [0.1, 0.15) is 0 Å². The molecule has 0 saturated carbocycles. The lowest BCUT2D eigenvalue weighted by atomic mass is 9.98. The average molecular weight is 734 g/mol. The molecule has 11 aromatic rings. The van der Waals surface area contributed by atoms with E-state index in [9.17, 15) is 0 Å². The van der Waals surface area contributed by atoms with Crippen molar-refractivity contribution in [2.24, 2.45) is 0 Å². The number of aromatic nitrogens is 5. The first-order chi connectivity index (χ1) is 27.8. The molecule has 0 aliphatic rings. The van der Waals surface area contributed by atoms with Crippen LogP contribution in [0.5, 0.6) is 0 Å². The Labute approximate surface area is 326 Å². The smallest absolute Gasteiger partial charge is 0.166 e. The van der Waals surface area contributed by atoms with Crippen LogP contribution in [0.15, 0.2) is 188 Å². The van der Waals surface area contributed by atoms with Crippen LogP contribution in [0.1, 0.15) is 0 Å². The summed E-state index contributed by atoms with van der Waals surface area (Å²) < 4.78 is 4.78. The van der Waals surface area contributed by atoms with Crippen molar-refractivity contribution < 1.29 is 0 Å². The number of thiophene rings is 1. The van der Waals surface area contributed by atoms with Crippen LogP contribution in [0.3, 0.4) is 0 Å². The van der Waals surface area contributed by atoms with Crippen molar-refractivity contribution >= 4 is 53.3 Å². The van der Waals surface area contributed by atoms with E-state index in [1.165, 1.54) is 42.0 Å². The van der Waals surface area contributed by atoms with E-state index >= 15 is 0 Å². The van der Waals surface area contributed by atoms with Gasteiger partial charge in [-0.3, -0.25) is 4.98 Å². The quantitative estimate of drug-likeness (QED) is 0.171. The number of benzene rings is 7. The maximum Gasteiger partial charge on any atom is 0.166 e. The first-order valence-electron chi connectivity index (χ1n) is 18.6. The molecule has 11 rings (SSSR count). The Balaban J connectivity index is 1.17. The lowest BCUT2D eigenvalue weighted by Crippen LogP contribution is -2.02. The molecule has 0 amide bonds. The molecule has 0 aliphatic heterocycles. The van der Waals surface area contributed by atoms with Crippen molar-refractivity contribution in [1.82, 2.24) is 24.5 Å². The molecule has 56 heavy (non-hydrogen) atoms. The van der Waals surface area contributed by atoms with Gasteiger partial charge in [-0.05, 0) is 42.0 Å². The summed E-state index contributed by atoms with van der Waals surface area (Å²) in [5.74, 6) is 1.80. The third-order valence-corrected chi connectivity index (χ3v) is 11.7. The van der Waals surface area contributed by atoms with Gasteiger partial charge in [0.15, 0.2) is 17.5 Å². The average Bonchev–Trinajstić information content (AvgIpc) is 3.81. The number of para-hydroxylation sites is 2. The summed E-state index contributed by atoms with van der Waals surface area (Å²) >= 11 is 1.81. The molecule has 0 spiro atoms. The molecule has 0 atom stereocenters. The predicted octanol–water partition coefficient (Wildman–Crippen LogP) is 13.1. The minimum absolute atomic E-state index is 0.574. The summed E-state index contributed by atoms with van der Waals surface area (Å²) in [4.78, 5) is 20.6. The zero-order valence-electron chi connectivity index (χ0n) is 30.0. The van der Waals surface area contributed by atoms with Crippen molar-refractivity contribution in [3.8, 4) is 62.2 Å². The molecule has 4 aromatic heterocycles. The number of nitrogens with zero attached hydrogens (tertiary/aromatic N) is 5. The Morgan fingerprint density at radius 1 is 0.393 bits per heavy atom. The Kier molecular flexibility index (Phi) is 7.60. The number of rotatable bonds is 6. The van der Waals surface area contributed by atoms with Gasteiger partial charge >= 0.3 is 0 Å². The molecule has 0 N–H and O–H groups in total. The second kappa shape index (κ2) is 13.2. The molecule has 6 heteroatoms. The highest BCUT2D eigenvalue weighted by Crippen LogP contribution is 2.45. The topological polar surface area (TPSA) is 56.5 Å². The number of hydrogen-bond acceptors (Lipinski definition) is 5. The molecule has 4 heterocycles. The summed E-state index contributed by atoms with van der Waals surface area (Å²) in [6.45, 7) is 0. The molecule has 0 fully saturated rings. The van der Waals surface area contributed by atoms with Crippen molar-refractivity contribution in [2.45, 2.75) is 0 Å². The summed E-state index contributed by atoms with van der Waals surface area (Å²) in [6, 6.07) is 63.4. The van der Waals surface area contributed by atoms with Crippen molar-refractivity contribution in [1.29, 1.82) is 0 Å². The molecule has 0 bridgehead atoms. The third kappa shape index (κ3) is 5.38. The fraction of sp³-hybridized carbons (Fsp3) is 0. The predicted molar refractivity (Wildman–Crippen MR) is 232 cm³/mol. The van der Waals surface area contributed by atoms with Crippen molar-refractivity contribution in [3.63, 3.8) is 0 Å². The van der Waals surface area contributed by atoms with Gasteiger partial charge in [-0.15, -0.1) is 11.3 Å². The van der Waals surface area contributed by atoms with Gasteiger partial charge in [-0.25, -0.2) is 15.0 Å². The van der Waals surface area contributed by atoms with Crippen LogP contribution in [-0.4, -0.2) is 24.5 Å². The lowest BCUT2D eigenvalue weighted by Gasteiger charge is -2.14. The van der Waals surface area contributed by atoms with Crippen LogP contribution in [0.25, 0.3) is 104 Å². The summed E-state index contributed by atoms with van der Waals surface area (Å²) in [7, 11) is 0. The molecule has 0 aliphatic carbocycles. The first-order valence-corrected chi connectivity index (χ1v) is 19.5. The van der Waals surface area contributed by atoms with Gasteiger partial charge in [0.2, 0.25) is 0 Å². The van der Waals surface area contributed by atoms with Gasteiger partial charge in [0, 0.05) is 70.6 Å². The van der Waals surface area contributed by atoms with Gasteiger partial charge < -0.3 is 4.57 Å². The first kappa shape index (κ1) is 32.2. The SMILES string of the molecule is c1ccc(-c2cnc(-c3cccc4c3sc3cc5c(cc34)c3ccccc3n5-c3ccccc3)c(-c3nc(-c4ccccc4)nc(-c4ccccc4)n3)c2)cc1. The lowest BCUT2D eigenvalue weighted by molar-refractivity contribution is 1.07. The van der Waals surface area contributed by atoms with Crippen molar-refractivity contribution in [2.75, 3.05) is 0 Å². The zero-order valence-corrected chi connectivity index (χ0v) is 30.9. The largest absolute Gasteiger partial charge is 0.309 e. The van der Waals surface area contributed by atoms with E-state index in [1.807, 2.05) is 84.3 Å². The van der Waals surface area contributed by atoms with E-state index in [0.29, 0.717) is 17.5 Å². The molecule has 0 unspecified atom stereocenters. The Hall–Kier alpha value is -7.28. The fourth-order valence-corrected chi connectivity index (χ4v) is 9.10. The Morgan fingerprint density at radius 2 is 0.982 bits per heavy atom. The van der Waals surface area contributed by atoms with Gasteiger partial charge in [-0.2, -0.15) is 0 Å². The second-order valence-electron chi connectivity index (χ2n) is 13.9. The number of pyridine rings is 1. The third-order valence-electron chi connectivity index (χ3n) is 10.5. The number of fused-ring (bicyclic) bond motifs is 6. The molecule has 5 nitrogen and oxygen atoms in total. The number of hydrogen-bond donors (Lipinski definition) is 0. The van der Waals surface area contributed by atoms with Gasteiger partial charge in [-0.1, -0.05) is 146 Å². The van der Waals surface area contributed by atoms with Crippen LogP contribution in [-0.2, 0) is 0 Å². The Bertz CT molecular complexity index is 3170. The zero-order chi connectivity index (χ0) is 37.0. The molecular weight excluding hydrogens is 703 g/mol. The molecular formula is C50H31N5S. The van der Waals surface area contributed by atoms with Gasteiger partial charge in [0.05, 0.1) is 16.7 Å². The summed E-state index contributed by atoms with van der Waals surface area (Å²) in [6.07, 6.45) is 1.97. The van der Waals surface area contributed by atoms with Gasteiger partial charge in [0.25, 0.3) is 0 Å². The monoisotopic (exact) mass is 733 g/mol. The minimum Gasteiger partial charge on any atom is -0.309 e. The standard InChI is InChI=1S/C50H31N5S/c1-5-16-32(17-6-1)35-28-42(50-53-48(33-18-7-2-8-19-33)52-49(54-50)34-20-9-3-10-21-34)46(51-31-35)39-26-15-25-38-41-29-40-37-24-13-14-27-43(37)55(36-22-11-4-12-23-36)44(40)30-45(41)56-47(38)39/h1-31H. The van der Waals surface area contributed by atoms with E-state index in [2.05, 4.69) is 120 Å². The highest BCUT2D eigenvalue weighted by atomic mass is 32.1. The van der Waals surface area contributed by atoms with Crippen LogP contribution in [0.4, 0.5) is 0 Å². The fourth-order valence-electron chi connectivity index (χ4n) is 7.87. The second-order valence-corrected chi connectivity index (χ2v) is 14.9. The molecule has 0 saturated heterocycles.